The van der Waals surface area contributed by atoms with Gasteiger partial charge in [-0.2, -0.15) is 0 Å². The zero-order valence-electron chi connectivity index (χ0n) is 11.7. The van der Waals surface area contributed by atoms with E-state index in [1.807, 2.05) is 37.4 Å². The van der Waals surface area contributed by atoms with E-state index in [4.69, 9.17) is 11.6 Å². The van der Waals surface area contributed by atoms with Crippen molar-refractivity contribution in [1.29, 1.82) is 0 Å². The Hall–Kier alpha value is -1.52. The molecule has 20 heavy (non-hydrogen) atoms. The van der Waals surface area contributed by atoms with E-state index in [9.17, 15) is 4.79 Å². The smallest absolute Gasteiger partial charge is 0.252 e. The second-order valence-corrected chi connectivity index (χ2v) is 5.44. The maximum Gasteiger partial charge on any atom is 0.252 e. The topological polar surface area (TPSA) is 41.5 Å². The molecule has 0 saturated carbocycles. The van der Waals surface area contributed by atoms with Crippen molar-refractivity contribution in [2.75, 3.05) is 11.6 Å². The van der Waals surface area contributed by atoms with Gasteiger partial charge in [-0.25, -0.2) is 4.99 Å². The molecule has 0 atom stereocenters. The predicted molar refractivity (Wildman–Crippen MR) is 89.5 cm³/mol. The monoisotopic (exact) mass is 308 g/mol. The van der Waals surface area contributed by atoms with Gasteiger partial charge >= 0.3 is 0 Å². The van der Waals surface area contributed by atoms with Crippen molar-refractivity contribution in [1.82, 2.24) is 0 Å². The number of aryl methyl sites for hydroxylation is 1. The summed E-state index contributed by atoms with van der Waals surface area (Å²) in [5.41, 5.74) is 2.27. The van der Waals surface area contributed by atoms with E-state index in [0.717, 1.165) is 11.3 Å². The molecule has 0 spiro atoms. The van der Waals surface area contributed by atoms with E-state index < -0.39 is 0 Å². The molecule has 0 heterocycles. The van der Waals surface area contributed by atoms with Gasteiger partial charge in [0.05, 0.1) is 10.1 Å². The van der Waals surface area contributed by atoms with E-state index in [-0.39, 0.29) is 5.91 Å². The highest BCUT2D eigenvalue weighted by Gasteiger charge is 2.08. The first kappa shape index (κ1) is 16.5. The van der Waals surface area contributed by atoms with Crippen LogP contribution < -0.4 is 5.32 Å². The fourth-order valence-electron chi connectivity index (χ4n) is 1.25. The molecule has 5 heteroatoms. The van der Waals surface area contributed by atoms with Crippen molar-refractivity contribution in [3.05, 3.63) is 52.0 Å². The van der Waals surface area contributed by atoms with Crippen molar-refractivity contribution in [3.63, 3.8) is 0 Å². The number of nitrogens with zero attached hydrogens (tertiary/aromatic N) is 1. The third-order valence-electron chi connectivity index (χ3n) is 2.57. The van der Waals surface area contributed by atoms with Gasteiger partial charge in [0.15, 0.2) is 0 Å². The van der Waals surface area contributed by atoms with E-state index in [1.165, 1.54) is 18.0 Å². The Morgan fingerprint density at radius 3 is 2.55 bits per heavy atom. The van der Waals surface area contributed by atoms with Gasteiger partial charge in [-0.05, 0) is 32.2 Å². The molecule has 0 aliphatic rings. The quantitative estimate of drug-likeness (QED) is 0.649. The zero-order chi connectivity index (χ0) is 15.1. The average molecular weight is 309 g/mol. The lowest BCUT2D eigenvalue weighted by atomic mass is 10.2. The van der Waals surface area contributed by atoms with Crippen molar-refractivity contribution >= 4 is 41.2 Å². The van der Waals surface area contributed by atoms with Gasteiger partial charge < -0.3 is 5.32 Å². The molecule has 1 N–H and O–H groups in total. The standard InChI is InChI=1S/C15H17ClN2OS/c1-10-5-7-13(8-6-10)18-15(19)11(2)14(16)9-17-12(3)20-4/h5-9H,3H2,1-2,4H3,(H,18,19)/b14-11-,17-9-. The number of halogens is 1. The van der Waals surface area contributed by atoms with E-state index in [0.29, 0.717) is 15.6 Å². The van der Waals surface area contributed by atoms with E-state index >= 15 is 0 Å². The van der Waals surface area contributed by atoms with Crippen LogP contribution in [0.4, 0.5) is 5.69 Å². The Kier molecular flexibility index (Phi) is 6.55. The number of anilines is 1. The van der Waals surface area contributed by atoms with Gasteiger partial charge in [-0.3, -0.25) is 4.79 Å². The predicted octanol–water partition coefficient (Wildman–Crippen LogP) is 4.35. The fourth-order valence-corrected chi connectivity index (χ4v) is 1.54. The van der Waals surface area contributed by atoms with Crippen LogP contribution in [-0.2, 0) is 4.79 Å². The zero-order valence-corrected chi connectivity index (χ0v) is 13.3. The first-order valence-corrected chi connectivity index (χ1v) is 7.55. The molecule has 0 radical (unpaired) electrons. The molecule has 1 aromatic carbocycles. The maximum atomic E-state index is 12.0. The minimum Gasteiger partial charge on any atom is -0.322 e. The second kappa shape index (κ2) is 7.92. The van der Waals surface area contributed by atoms with Gasteiger partial charge in [0.25, 0.3) is 5.91 Å². The number of allylic oxidation sites excluding steroid dienone is 1. The Morgan fingerprint density at radius 2 is 2.00 bits per heavy atom. The molecule has 1 aromatic rings. The molecular weight excluding hydrogens is 292 g/mol. The number of hydrogen-bond acceptors (Lipinski definition) is 3. The van der Waals surface area contributed by atoms with Gasteiger partial charge in [-0.1, -0.05) is 35.9 Å². The molecule has 1 rings (SSSR count). The van der Waals surface area contributed by atoms with Crippen LogP contribution in [0.25, 0.3) is 0 Å². The second-order valence-electron chi connectivity index (χ2n) is 4.15. The number of rotatable bonds is 5. The van der Waals surface area contributed by atoms with Gasteiger partial charge in [0, 0.05) is 17.5 Å². The van der Waals surface area contributed by atoms with Gasteiger partial charge in [0.1, 0.15) is 0 Å². The van der Waals surface area contributed by atoms with Crippen LogP contribution >= 0.6 is 23.4 Å². The molecule has 0 aromatic heterocycles. The summed E-state index contributed by atoms with van der Waals surface area (Å²) in [7, 11) is 0. The largest absolute Gasteiger partial charge is 0.322 e. The molecule has 0 aliphatic heterocycles. The Bertz CT molecular complexity index is 562. The van der Waals surface area contributed by atoms with Crippen LogP contribution in [0.2, 0.25) is 0 Å². The lowest BCUT2D eigenvalue weighted by Crippen LogP contribution is -2.13. The third kappa shape index (κ3) is 5.23. The van der Waals surface area contributed by atoms with Crippen LogP contribution in [0.5, 0.6) is 0 Å². The number of carbonyl (C=O) groups excluding carboxylic acids is 1. The SMILES string of the molecule is C=C(/N=C\C(Cl)=C(/C)C(=O)Nc1ccc(C)cc1)SC. The number of amides is 1. The van der Waals surface area contributed by atoms with Gasteiger partial charge in [-0.15, -0.1) is 11.8 Å². The first-order valence-electron chi connectivity index (χ1n) is 5.95. The Morgan fingerprint density at radius 1 is 1.40 bits per heavy atom. The highest BCUT2D eigenvalue weighted by molar-refractivity contribution is 8.02. The minimum atomic E-state index is -0.250. The van der Waals surface area contributed by atoms with Crippen molar-refractivity contribution in [3.8, 4) is 0 Å². The molecular formula is C15H17ClN2OS. The molecule has 3 nitrogen and oxygen atoms in total. The number of carbonyl (C=O) groups is 1. The highest BCUT2D eigenvalue weighted by Crippen LogP contribution is 2.15. The molecule has 0 unspecified atom stereocenters. The number of nitrogens with one attached hydrogen (secondary N) is 1. The fraction of sp³-hybridized carbons (Fsp3) is 0.200. The average Bonchev–Trinajstić information content (AvgIpc) is 2.45. The molecule has 0 bridgehead atoms. The van der Waals surface area contributed by atoms with Crippen LogP contribution in [0.15, 0.2) is 51.5 Å². The number of thioether (sulfide) groups is 1. The van der Waals surface area contributed by atoms with E-state index in [2.05, 4.69) is 16.9 Å². The summed E-state index contributed by atoms with van der Waals surface area (Å²) < 4.78 is 0. The number of hydrogen-bond donors (Lipinski definition) is 1. The normalized spacial score (nSPS) is 12.2. The lowest BCUT2D eigenvalue weighted by Gasteiger charge is -2.06. The van der Waals surface area contributed by atoms with Crippen LogP contribution in [0, 0.1) is 6.92 Å². The maximum absolute atomic E-state index is 12.0. The molecule has 106 valence electrons. The van der Waals surface area contributed by atoms with Gasteiger partial charge in [0.2, 0.25) is 0 Å². The summed E-state index contributed by atoms with van der Waals surface area (Å²) in [6.45, 7) is 7.35. The molecule has 1 amide bonds. The summed E-state index contributed by atoms with van der Waals surface area (Å²) >= 11 is 7.45. The van der Waals surface area contributed by atoms with Crippen LogP contribution in [0.3, 0.4) is 0 Å². The summed E-state index contributed by atoms with van der Waals surface area (Å²) in [5, 5.41) is 3.71. The first-order chi connectivity index (χ1) is 9.43. The molecule has 0 aliphatic carbocycles. The van der Waals surface area contributed by atoms with Crippen molar-refractivity contribution < 1.29 is 4.79 Å². The van der Waals surface area contributed by atoms with Crippen molar-refractivity contribution in [2.45, 2.75) is 13.8 Å². The number of benzene rings is 1. The third-order valence-corrected chi connectivity index (χ3v) is 3.52. The van der Waals surface area contributed by atoms with Crippen LogP contribution in [-0.4, -0.2) is 18.4 Å². The van der Waals surface area contributed by atoms with Crippen molar-refractivity contribution in [2.24, 2.45) is 4.99 Å². The summed E-state index contributed by atoms with van der Waals surface area (Å²) in [5.74, 6) is -0.250. The molecule has 0 fully saturated rings. The lowest BCUT2D eigenvalue weighted by molar-refractivity contribution is -0.112. The Balaban J connectivity index is 2.77. The minimum absolute atomic E-state index is 0.250. The summed E-state index contributed by atoms with van der Waals surface area (Å²) in [6, 6.07) is 7.55. The summed E-state index contributed by atoms with van der Waals surface area (Å²) in [6.07, 6.45) is 3.30. The van der Waals surface area contributed by atoms with Crippen LogP contribution in [0.1, 0.15) is 12.5 Å². The van der Waals surface area contributed by atoms with E-state index in [1.54, 1.807) is 6.92 Å². The summed E-state index contributed by atoms with van der Waals surface area (Å²) in [4.78, 5) is 16.0. The number of aliphatic imine (C=N–C) groups is 1. The highest BCUT2D eigenvalue weighted by atomic mass is 35.5. The Labute approximate surface area is 128 Å². The molecule has 0 saturated heterocycles.